The second-order valence-corrected chi connectivity index (χ2v) is 22.4. The minimum absolute atomic E-state index is 0.0816. The fourth-order valence-electron chi connectivity index (χ4n) is 9.58. The van der Waals surface area contributed by atoms with E-state index in [-0.39, 0.29) is 31.1 Å². The number of esters is 3. The quantitative estimate of drug-likeness (QED) is 0.0261. The van der Waals surface area contributed by atoms with Gasteiger partial charge in [-0.1, -0.05) is 286 Å². The molecule has 446 valence electrons. The number of allylic oxidation sites excluding steroid dienone is 12. The molecule has 0 aliphatic carbocycles. The van der Waals surface area contributed by atoms with E-state index in [4.69, 9.17) is 14.2 Å². The highest BCUT2D eigenvalue weighted by Gasteiger charge is 2.19. The molecule has 0 bridgehead atoms. The first kappa shape index (κ1) is 73.8. The number of ether oxygens (including phenoxy) is 3. The van der Waals surface area contributed by atoms with E-state index in [2.05, 4.69) is 93.7 Å². The predicted molar refractivity (Wildman–Crippen MR) is 335 cm³/mol. The van der Waals surface area contributed by atoms with Gasteiger partial charge in [0.15, 0.2) is 6.10 Å². The minimum atomic E-state index is -0.786. The first-order chi connectivity index (χ1) is 38.0. The van der Waals surface area contributed by atoms with Crippen LogP contribution in [0.15, 0.2) is 72.9 Å². The van der Waals surface area contributed by atoms with Crippen LogP contribution in [0.4, 0.5) is 0 Å². The fraction of sp³-hybridized carbons (Fsp3) is 0.789. The average molecular weight is 1080 g/mol. The Morgan fingerprint density at radius 1 is 0.260 bits per heavy atom. The molecule has 0 radical (unpaired) electrons. The minimum Gasteiger partial charge on any atom is -0.462 e. The van der Waals surface area contributed by atoms with Crippen molar-refractivity contribution in [2.24, 2.45) is 0 Å². The van der Waals surface area contributed by atoms with Crippen molar-refractivity contribution in [2.45, 2.75) is 348 Å². The number of carbonyl (C=O) groups is 3. The molecule has 0 heterocycles. The topological polar surface area (TPSA) is 78.9 Å². The van der Waals surface area contributed by atoms with Crippen LogP contribution >= 0.6 is 0 Å². The summed E-state index contributed by atoms with van der Waals surface area (Å²) < 4.78 is 16.9. The zero-order valence-corrected chi connectivity index (χ0v) is 51.2. The van der Waals surface area contributed by atoms with Gasteiger partial charge < -0.3 is 14.2 Å². The molecule has 0 amide bonds. The summed E-state index contributed by atoms with van der Waals surface area (Å²) in [5.74, 6) is -0.890. The highest BCUT2D eigenvalue weighted by Crippen LogP contribution is 2.17. The Morgan fingerprint density at radius 2 is 0.481 bits per heavy atom. The van der Waals surface area contributed by atoms with Crippen molar-refractivity contribution >= 4 is 17.9 Å². The van der Waals surface area contributed by atoms with Crippen LogP contribution in [0, 0.1) is 0 Å². The van der Waals surface area contributed by atoms with Gasteiger partial charge in [0.25, 0.3) is 0 Å². The Balaban J connectivity index is 4.24. The number of unbranched alkanes of at least 4 members (excludes halogenated alkanes) is 38. The molecule has 0 spiro atoms. The van der Waals surface area contributed by atoms with Crippen LogP contribution in [0.25, 0.3) is 0 Å². The number of hydrogen-bond donors (Lipinski definition) is 0. The lowest BCUT2D eigenvalue weighted by atomic mass is 10.0. The highest BCUT2D eigenvalue weighted by molar-refractivity contribution is 5.71. The Kier molecular flexibility index (Phi) is 62.7. The van der Waals surface area contributed by atoms with Crippen molar-refractivity contribution in [1.82, 2.24) is 0 Å². The van der Waals surface area contributed by atoms with Crippen LogP contribution in [-0.4, -0.2) is 37.2 Å². The van der Waals surface area contributed by atoms with Crippen molar-refractivity contribution in [3.8, 4) is 0 Å². The Labute approximate surface area is 478 Å². The summed E-state index contributed by atoms with van der Waals surface area (Å²) in [6, 6.07) is 0. The Hall–Kier alpha value is -3.15. The molecule has 0 fully saturated rings. The molecular weight excluding hydrogens is 949 g/mol. The first-order valence-electron chi connectivity index (χ1n) is 33.4. The highest BCUT2D eigenvalue weighted by atomic mass is 16.6. The summed E-state index contributed by atoms with van der Waals surface area (Å²) in [4.78, 5) is 38.3. The second kappa shape index (κ2) is 65.4. The molecule has 0 aromatic heterocycles. The molecule has 6 nitrogen and oxygen atoms in total. The largest absolute Gasteiger partial charge is 0.462 e. The van der Waals surface area contributed by atoms with Crippen LogP contribution < -0.4 is 0 Å². The van der Waals surface area contributed by atoms with Gasteiger partial charge in [0.05, 0.1) is 0 Å². The monoisotopic (exact) mass is 1070 g/mol. The summed E-state index contributed by atoms with van der Waals surface area (Å²) in [5.41, 5.74) is 0. The van der Waals surface area contributed by atoms with Gasteiger partial charge in [0, 0.05) is 19.3 Å². The molecular formula is C71H126O6. The van der Waals surface area contributed by atoms with Crippen LogP contribution in [0.2, 0.25) is 0 Å². The van der Waals surface area contributed by atoms with Crippen molar-refractivity contribution in [3.63, 3.8) is 0 Å². The summed E-state index contributed by atoms with van der Waals surface area (Å²) in [6.07, 6.45) is 84.9. The number of hydrogen-bond acceptors (Lipinski definition) is 6. The van der Waals surface area contributed by atoms with E-state index >= 15 is 0 Å². The normalized spacial score (nSPS) is 12.5. The fourth-order valence-corrected chi connectivity index (χ4v) is 9.58. The second-order valence-electron chi connectivity index (χ2n) is 22.4. The van der Waals surface area contributed by atoms with Crippen molar-refractivity contribution < 1.29 is 28.6 Å². The summed E-state index contributed by atoms with van der Waals surface area (Å²) >= 11 is 0. The van der Waals surface area contributed by atoms with Crippen molar-refractivity contribution in [2.75, 3.05) is 13.2 Å². The molecule has 0 aromatic carbocycles. The molecule has 77 heavy (non-hydrogen) atoms. The van der Waals surface area contributed by atoms with Gasteiger partial charge in [-0.2, -0.15) is 0 Å². The summed E-state index contributed by atoms with van der Waals surface area (Å²) in [7, 11) is 0. The zero-order valence-electron chi connectivity index (χ0n) is 51.2. The average Bonchev–Trinajstić information content (AvgIpc) is 3.43. The van der Waals surface area contributed by atoms with Gasteiger partial charge >= 0.3 is 17.9 Å². The van der Waals surface area contributed by atoms with E-state index in [0.717, 1.165) is 96.3 Å². The lowest BCUT2D eigenvalue weighted by molar-refractivity contribution is -0.167. The van der Waals surface area contributed by atoms with Crippen LogP contribution in [0.3, 0.4) is 0 Å². The van der Waals surface area contributed by atoms with Gasteiger partial charge in [-0.05, 0) is 109 Å². The third kappa shape index (κ3) is 63.6. The molecule has 0 saturated heterocycles. The summed E-state index contributed by atoms with van der Waals surface area (Å²) in [5, 5.41) is 0. The summed E-state index contributed by atoms with van der Waals surface area (Å²) in [6.45, 7) is 6.60. The molecule has 0 aliphatic rings. The molecule has 0 N–H and O–H groups in total. The van der Waals surface area contributed by atoms with E-state index in [9.17, 15) is 14.4 Å². The third-order valence-corrected chi connectivity index (χ3v) is 14.7. The maximum atomic E-state index is 12.9. The molecule has 0 aliphatic heterocycles. The van der Waals surface area contributed by atoms with Gasteiger partial charge in [0.1, 0.15) is 13.2 Å². The van der Waals surface area contributed by atoms with Gasteiger partial charge in [0.2, 0.25) is 0 Å². The first-order valence-corrected chi connectivity index (χ1v) is 33.4. The number of rotatable bonds is 61. The van der Waals surface area contributed by atoms with Crippen molar-refractivity contribution in [1.29, 1.82) is 0 Å². The lowest BCUT2D eigenvalue weighted by Gasteiger charge is -2.18. The Bertz CT molecular complexity index is 1420. The van der Waals surface area contributed by atoms with Gasteiger partial charge in [-0.3, -0.25) is 14.4 Å². The standard InChI is InChI=1S/C71H126O6/c1-4-7-10-13-16-19-22-24-26-28-30-32-33-34-35-36-37-39-40-42-44-46-49-52-55-58-61-64-70(73)76-67-68(66-75-69(72)63-60-57-54-51-48-21-18-15-12-9-6-3)77-71(74)65-62-59-56-53-50-47-45-43-41-38-31-29-27-25-23-20-17-14-11-8-5-2/h15,18,22-25,28-31,41,43,68H,4-14,16-17,19-21,26-27,32-40,42,44-67H2,1-3H3/b18-15-,24-22-,25-23-,30-28-,31-29-,43-41-. The van der Waals surface area contributed by atoms with E-state index in [0.29, 0.717) is 19.3 Å². The zero-order chi connectivity index (χ0) is 55.7. The number of carbonyl (C=O) groups excluding carboxylic acids is 3. The third-order valence-electron chi connectivity index (χ3n) is 14.7. The smallest absolute Gasteiger partial charge is 0.306 e. The molecule has 0 aromatic rings. The van der Waals surface area contributed by atoms with E-state index < -0.39 is 6.10 Å². The Morgan fingerprint density at radius 3 is 0.779 bits per heavy atom. The van der Waals surface area contributed by atoms with Crippen LogP contribution in [-0.2, 0) is 28.6 Å². The molecule has 6 heteroatoms. The van der Waals surface area contributed by atoms with E-state index in [1.54, 1.807) is 0 Å². The molecule has 1 unspecified atom stereocenters. The van der Waals surface area contributed by atoms with E-state index in [1.807, 2.05) is 0 Å². The predicted octanol–water partition coefficient (Wildman–Crippen LogP) is 22.9. The maximum absolute atomic E-state index is 12.9. The lowest BCUT2D eigenvalue weighted by Crippen LogP contribution is -2.30. The molecule has 0 rings (SSSR count). The van der Waals surface area contributed by atoms with Crippen LogP contribution in [0.5, 0.6) is 0 Å². The van der Waals surface area contributed by atoms with E-state index in [1.165, 1.54) is 205 Å². The van der Waals surface area contributed by atoms with Crippen LogP contribution in [0.1, 0.15) is 342 Å². The maximum Gasteiger partial charge on any atom is 0.306 e. The SMILES string of the molecule is CCCC/C=C\CCCCCCCC(=O)OCC(COC(=O)CCCCCCCCCCCCCCCCC/C=C\C/C=C\CCCCCCC)OC(=O)CCCCCCCC/C=C\C/C=C\C/C=C\CCCCCCC. The van der Waals surface area contributed by atoms with Gasteiger partial charge in [-0.25, -0.2) is 0 Å². The molecule has 1 atom stereocenters. The molecule has 0 saturated carbocycles. The van der Waals surface area contributed by atoms with Crippen molar-refractivity contribution in [3.05, 3.63) is 72.9 Å². The van der Waals surface area contributed by atoms with Gasteiger partial charge in [-0.15, -0.1) is 0 Å².